The van der Waals surface area contributed by atoms with E-state index in [1.54, 1.807) is 27.6 Å². The predicted octanol–water partition coefficient (Wildman–Crippen LogP) is 1.29. The van der Waals surface area contributed by atoms with Gasteiger partial charge in [-0.15, -0.1) is 5.10 Å². The third-order valence-corrected chi connectivity index (χ3v) is 4.97. The Kier molecular flexibility index (Phi) is 3.43. The van der Waals surface area contributed by atoms with Crippen molar-refractivity contribution in [2.45, 2.75) is 38.4 Å². The van der Waals surface area contributed by atoms with Gasteiger partial charge in [0.1, 0.15) is 5.52 Å². The second-order valence-electron chi connectivity index (χ2n) is 6.99. The Morgan fingerprint density at radius 2 is 1.93 bits per heavy atom. The lowest BCUT2D eigenvalue weighted by Crippen LogP contribution is -2.27. The van der Waals surface area contributed by atoms with Crippen molar-refractivity contribution in [3.63, 3.8) is 0 Å². The van der Waals surface area contributed by atoms with Crippen LogP contribution in [0.4, 0.5) is 0 Å². The van der Waals surface area contributed by atoms with Crippen molar-refractivity contribution in [1.29, 1.82) is 0 Å². The van der Waals surface area contributed by atoms with Crippen LogP contribution in [-0.4, -0.2) is 34.3 Å². The number of rotatable bonds is 4. The first-order valence-corrected chi connectivity index (χ1v) is 8.89. The summed E-state index contributed by atoms with van der Waals surface area (Å²) in [6.07, 6.45) is 6.98. The lowest BCUT2D eigenvalue weighted by molar-refractivity contribution is 0.426. The fourth-order valence-electron chi connectivity index (χ4n) is 3.32. The second-order valence-corrected chi connectivity index (χ2v) is 6.99. The molecule has 0 spiro atoms. The van der Waals surface area contributed by atoms with E-state index in [0.717, 1.165) is 12.8 Å². The molecule has 0 unspecified atom stereocenters. The van der Waals surface area contributed by atoms with Crippen LogP contribution in [0, 0.1) is 0 Å². The number of aromatic nitrogens is 7. The molecule has 4 aromatic rings. The highest BCUT2D eigenvalue weighted by Gasteiger charge is 2.27. The van der Waals surface area contributed by atoms with Crippen molar-refractivity contribution < 1.29 is 0 Å². The molecule has 1 fully saturated rings. The van der Waals surface area contributed by atoms with Gasteiger partial charge >= 0.3 is 0 Å². The number of hydrogen-bond donors (Lipinski definition) is 0. The Balaban J connectivity index is 1.63. The second kappa shape index (κ2) is 5.83. The molecule has 3 heterocycles. The molecule has 0 aliphatic heterocycles. The van der Waals surface area contributed by atoms with Crippen LogP contribution in [-0.2, 0) is 6.54 Å². The zero-order valence-electron chi connectivity index (χ0n) is 14.7. The Labute approximate surface area is 152 Å². The van der Waals surface area contributed by atoms with Gasteiger partial charge in [0.25, 0.3) is 11.1 Å². The van der Waals surface area contributed by atoms with Crippen LogP contribution >= 0.6 is 0 Å². The lowest BCUT2D eigenvalue weighted by Gasteiger charge is -2.15. The molecular formula is C18H17N7O2. The van der Waals surface area contributed by atoms with Gasteiger partial charge in [0, 0.05) is 12.4 Å². The van der Waals surface area contributed by atoms with Gasteiger partial charge in [-0.3, -0.25) is 18.8 Å². The highest BCUT2D eigenvalue weighted by atomic mass is 16.1. The maximum atomic E-state index is 13.0. The predicted molar refractivity (Wildman–Crippen MR) is 98.6 cm³/mol. The largest absolute Gasteiger partial charge is 0.294 e. The van der Waals surface area contributed by atoms with E-state index in [1.165, 1.54) is 11.0 Å². The zero-order chi connectivity index (χ0) is 18.5. The van der Waals surface area contributed by atoms with E-state index in [0.29, 0.717) is 28.4 Å². The first-order valence-electron chi connectivity index (χ1n) is 8.89. The summed E-state index contributed by atoms with van der Waals surface area (Å²) < 4.78 is 4.78. The van der Waals surface area contributed by atoms with Crippen molar-refractivity contribution >= 4 is 21.8 Å². The van der Waals surface area contributed by atoms with E-state index in [4.69, 9.17) is 0 Å². The number of nitrogens with zero attached hydrogens (tertiary/aromatic N) is 7. The molecule has 3 aromatic heterocycles. The van der Waals surface area contributed by atoms with E-state index in [-0.39, 0.29) is 23.2 Å². The van der Waals surface area contributed by atoms with E-state index < -0.39 is 0 Å². The fourth-order valence-corrected chi connectivity index (χ4v) is 3.32. The fraction of sp³-hybridized carbons (Fsp3) is 0.333. The molecule has 136 valence electrons. The van der Waals surface area contributed by atoms with Crippen molar-refractivity contribution in [2.75, 3.05) is 0 Å². The SMILES string of the molecule is C[C@H](Cn1cccn1)n1cnc2cc3c(=O)n(C4CC4)nnc3cc2c1=O. The van der Waals surface area contributed by atoms with Crippen molar-refractivity contribution in [2.24, 2.45) is 0 Å². The maximum Gasteiger partial charge on any atom is 0.277 e. The minimum Gasteiger partial charge on any atom is -0.294 e. The molecule has 9 nitrogen and oxygen atoms in total. The average molecular weight is 363 g/mol. The molecule has 1 aliphatic carbocycles. The molecule has 27 heavy (non-hydrogen) atoms. The van der Waals surface area contributed by atoms with Gasteiger partial charge < -0.3 is 0 Å². The Bertz CT molecular complexity index is 1270. The van der Waals surface area contributed by atoms with Crippen LogP contribution < -0.4 is 11.1 Å². The highest BCUT2D eigenvalue weighted by molar-refractivity contribution is 5.93. The van der Waals surface area contributed by atoms with Gasteiger partial charge in [-0.25, -0.2) is 9.67 Å². The molecule has 1 saturated carbocycles. The number of benzene rings is 1. The number of hydrogen-bond acceptors (Lipinski definition) is 6. The van der Waals surface area contributed by atoms with Gasteiger partial charge in [0.2, 0.25) is 0 Å². The third-order valence-electron chi connectivity index (χ3n) is 4.97. The van der Waals surface area contributed by atoms with Crippen molar-refractivity contribution in [3.8, 4) is 0 Å². The van der Waals surface area contributed by atoms with Crippen LogP contribution in [0.2, 0.25) is 0 Å². The number of fused-ring (bicyclic) bond motifs is 2. The molecule has 0 saturated heterocycles. The van der Waals surface area contributed by atoms with E-state index in [2.05, 4.69) is 20.4 Å². The van der Waals surface area contributed by atoms with E-state index in [9.17, 15) is 9.59 Å². The molecule has 0 radical (unpaired) electrons. The third kappa shape index (κ3) is 2.62. The molecule has 1 atom stereocenters. The molecule has 5 rings (SSSR count). The summed E-state index contributed by atoms with van der Waals surface area (Å²) in [7, 11) is 0. The van der Waals surface area contributed by atoms with Gasteiger partial charge in [-0.1, -0.05) is 5.21 Å². The molecule has 0 N–H and O–H groups in total. The van der Waals surface area contributed by atoms with Gasteiger partial charge in [0.15, 0.2) is 0 Å². The lowest BCUT2D eigenvalue weighted by atomic mass is 10.1. The Morgan fingerprint density at radius 3 is 2.67 bits per heavy atom. The van der Waals surface area contributed by atoms with Crippen LogP contribution in [0.3, 0.4) is 0 Å². The van der Waals surface area contributed by atoms with Crippen LogP contribution in [0.25, 0.3) is 21.8 Å². The summed E-state index contributed by atoms with van der Waals surface area (Å²) >= 11 is 0. The smallest absolute Gasteiger partial charge is 0.277 e. The highest BCUT2D eigenvalue weighted by Crippen LogP contribution is 2.32. The zero-order valence-corrected chi connectivity index (χ0v) is 14.7. The van der Waals surface area contributed by atoms with Crippen molar-refractivity contribution in [3.05, 3.63) is 57.6 Å². The van der Waals surface area contributed by atoms with E-state index >= 15 is 0 Å². The normalized spacial score (nSPS) is 15.4. The maximum absolute atomic E-state index is 13.0. The summed E-state index contributed by atoms with van der Waals surface area (Å²) in [5.41, 5.74) is 0.556. The summed E-state index contributed by atoms with van der Waals surface area (Å²) in [5, 5.41) is 13.2. The Morgan fingerprint density at radius 1 is 1.15 bits per heavy atom. The summed E-state index contributed by atoms with van der Waals surface area (Å²) in [4.78, 5) is 30.0. The average Bonchev–Trinajstić information content (AvgIpc) is 3.38. The summed E-state index contributed by atoms with van der Waals surface area (Å²) in [6.45, 7) is 2.49. The van der Waals surface area contributed by atoms with Gasteiger partial charge in [-0.2, -0.15) is 5.10 Å². The Hall–Kier alpha value is -3.36. The molecule has 0 bridgehead atoms. The minimum absolute atomic E-state index is 0.126. The topological polar surface area (TPSA) is 100 Å². The van der Waals surface area contributed by atoms with Gasteiger partial charge in [-0.05, 0) is 38.0 Å². The standard InChI is InChI=1S/C18H17N7O2/c1-11(9-23-6-2-5-20-23)24-10-19-15-7-14-16(8-13(15)17(24)26)21-22-25(18(14)27)12-3-4-12/h2,5-8,10-12H,3-4,9H2,1H3/t11-/m1/s1. The van der Waals surface area contributed by atoms with E-state index in [1.807, 2.05) is 19.2 Å². The first-order chi connectivity index (χ1) is 13.1. The van der Waals surface area contributed by atoms with Gasteiger partial charge in [0.05, 0.1) is 41.2 Å². The van der Waals surface area contributed by atoms with Crippen molar-refractivity contribution in [1.82, 2.24) is 34.3 Å². The molecule has 9 heteroatoms. The molecule has 1 aliphatic rings. The quantitative estimate of drug-likeness (QED) is 0.507. The summed E-state index contributed by atoms with van der Waals surface area (Å²) in [5.74, 6) is 0. The molecule has 0 amide bonds. The molecular weight excluding hydrogens is 346 g/mol. The van der Waals surface area contributed by atoms with Crippen LogP contribution in [0.15, 0.2) is 46.5 Å². The monoisotopic (exact) mass is 363 g/mol. The van der Waals surface area contributed by atoms with Crippen LogP contribution in [0.5, 0.6) is 0 Å². The van der Waals surface area contributed by atoms with Crippen LogP contribution in [0.1, 0.15) is 31.8 Å². The summed E-state index contributed by atoms with van der Waals surface area (Å²) in [6, 6.07) is 5.12. The first kappa shape index (κ1) is 15.9. The molecule has 1 aromatic carbocycles. The minimum atomic E-state index is -0.178.